The lowest BCUT2D eigenvalue weighted by Gasteiger charge is -2.32. The summed E-state index contributed by atoms with van der Waals surface area (Å²) in [6.45, 7) is 0. The summed E-state index contributed by atoms with van der Waals surface area (Å²) in [4.78, 5) is 0. The number of rotatable bonds is 4. The molecule has 0 aromatic heterocycles. The van der Waals surface area contributed by atoms with Crippen LogP contribution in [0.4, 0.5) is 0 Å². The Hall–Kier alpha value is 0.360. The first kappa shape index (κ1) is 16.7. The fraction of sp³-hybridized carbons (Fsp3) is 0.875. The lowest BCUT2D eigenvalue weighted by molar-refractivity contribution is -0.186. The number of allylic oxidation sites excluding steroid dienone is 1. The molecule has 0 unspecified atom stereocenters. The molecule has 0 heterocycles. The molecular weight excluding hydrogens is 288 g/mol. The Balaban J connectivity index is 1.60. The van der Waals surface area contributed by atoms with E-state index < -0.39 is 5.79 Å². The summed E-state index contributed by atoms with van der Waals surface area (Å²) < 4.78 is 0.933. The van der Waals surface area contributed by atoms with Crippen molar-refractivity contribution in [2.45, 2.75) is 76.4 Å². The Morgan fingerprint density at radius 3 is 1.95 bits per heavy atom. The third-order valence-corrected chi connectivity index (χ3v) is 5.79. The van der Waals surface area contributed by atoms with Crippen LogP contribution >= 0.6 is 25.3 Å². The van der Waals surface area contributed by atoms with Crippen LogP contribution in [-0.2, 0) is 0 Å². The van der Waals surface area contributed by atoms with Crippen molar-refractivity contribution in [1.82, 2.24) is 0 Å². The molecule has 2 rings (SSSR count). The van der Waals surface area contributed by atoms with Gasteiger partial charge in [-0.3, -0.25) is 0 Å². The average molecular weight is 317 g/mol. The van der Waals surface area contributed by atoms with Crippen LogP contribution in [-0.4, -0.2) is 16.0 Å². The summed E-state index contributed by atoms with van der Waals surface area (Å²) in [5.41, 5.74) is 1.43. The summed E-state index contributed by atoms with van der Waals surface area (Å²) in [7, 11) is 0. The summed E-state index contributed by atoms with van der Waals surface area (Å²) in [5.74, 6) is 0.209. The summed E-state index contributed by atoms with van der Waals surface area (Å²) >= 11 is 8.65. The molecule has 2 fully saturated rings. The quantitative estimate of drug-likeness (QED) is 0.461. The normalized spacial score (nSPS) is 27.6. The van der Waals surface area contributed by atoms with Crippen LogP contribution in [0.2, 0.25) is 0 Å². The van der Waals surface area contributed by atoms with Crippen molar-refractivity contribution in [3.8, 4) is 0 Å². The minimum absolute atomic E-state index is 0.557. The second-order valence-electron chi connectivity index (χ2n) is 6.73. The monoisotopic (exact) mass is 316 g/mol. The Morgan fingerprint density at radius 2 is 1.45 bits per heavy atom. The molecule has 20 heavy (non-hydrogen) atoms. The predicted octanol–water partition coefficient (Wildman–Crippen LogP) is 4.29. The van der Waals surface area contributed by atoms with Gasteiger partial charge < -0.3 is 10.2 Å². The SMILES string of the molecule is OC1(O)CCC(CCCC2CCC(=C(S)S)CC2)CC1. The van der Waals surface area contributed by atoms with Crippen molar-refractivity contribution in [3.63, 3.8) is 0 Å². The molecule has 0 bridgehead atoms. The van der Waals surface area contributed by atoms with Gasteiger partial charge in [-0.05, 0) is 50.4 Å². The van der Waals surface area contributed by atoms with Gasteiger partial charge in [-0.1, -0.05) is 24.8 Å². The molecule has 2 aliphatic carbocycles. The molecule has 2 saturated carbocycles. The molecule has 0 radical (unpaired) electrons. The predicted molar refractivity (Wildman–Crippen MR) is 89.9 cm³/mol. The van der Waals surface area contributed by atoms with E-state index in [1.54, 1.807) is 0 Å². The van der Waals surface area contributed by atoms with Crippen molar-refractivity contribution >= 4 is 25.3 Å². The fourth-order valence-electron chi connectivity index (χ4n) is 3.66. The van der Waals surface area contributed by atoms with E-state index in [0.717, 1.165) is 23.0 Å². The van der Waals surface area contributed by atoms with E-state index in [-0.39, 0.29) is 0 Å². The Morgan fingerprint density at radius 1 is 0.950 bits per heavy atom. The highest BCUT2D eigenvalue weighted by atomic mass is 32.2. The fourth-order valence-corrected chi connectivity index (χ4v) is 4.11. The minimum Gasteiger partial charge on any atom is -0.366 e. The molecule has 2 aliphatic rings. The Labute approximate surface area is 133 Å². The highest BCUT2D eigenvalue weighted by molar-refractivity contribution is 8.05. The number of hydrogen-bond donors (Lipinski definition) is 4. The Kier molecular flexibility index (Phi) is 6.33. The van der Waals surface area contributed by atoms with E-state index in [0.29, 0.717) is 18.8 Å². The van der Waals surface area contributed by atoms with Gasteiger partial charge in [0.25, 0.3) is 0 Å². The first-order valence-electron chi connectivity index (χ1n) is 8.01. The van der Waals surface area contributed by atoms with E-state index in [9.17, 15) is 10.2 Å². The minimum atomic E-state index is -1.37. The van der Waals surface area contributed by atoms with Crippen molar-refractivity contribution in [2.24, 2.45) is 11.8 Å². The van der Waals surface area contributed by atoms with Crippen molar-refractivity contribution < 1.29 is 10.2 Å². The van der Waals surface area contributed by atoms with E-state index in [4.69, 9.17) is 0 Å². The van der Waals surface area contributed by atoms with Crippen molar-refractivity contribution in [2.75, 3.05) is 0 Å². The van der Waals surface area contributed by atoms with Gasteiger partial charge in [0.15, 0.2) is 5.79 Å². The maximum Gasteiger partial charge on any atom is 0.162 e. The second kappa shape index (κ2) is 7.57. The van der Waals surface area contributed by atoms with Crippen LogP contribution in [0.15, 0.2) is 9.81 Å². The third kappa shape index (κ3) is 5.28. The zero-order chi connectivity index (χ0) is 14.6. The van der Waals surface area contributed by atoms with Gasteiger partial charge in [-0.25, -0.2) is 0 Å². The smallest absolute Gasteiger partial charge is 0.162 e. The van der Waals surface area contributed by atoms with Crippen LogP contribution in [0.1, 0.15) is 70.6 Å². The molecule has 0 spiro atoms. The molecule has 0 atom stereocenters. The van der Waals surface area contributed by atoms with Crippen LogP contribution < -0.4 is 0 Å². The number of aliphatic hydroxyl groups is 2. The number of thiol groups is 2. The molecule has 0 amide bonds. The highest BCUT2D eigenvalue weighted by Crippen LogP contribution is 2.37. The van der Waals surface area contributed by atoms with Gasteiger partial charge in [-0.15, -0.1) is 25.3 Å². The van der Waals surface area contributed by atoms with Crippen molar-refractivity contribution in [3.05, 3.63) is 9.81 Å². The molecule has 0 saturated heterocycles. The largest absolute Gasteiger partial charge is 0.366 e. The maximum atomic E-state index is 9.53. The molecule has 0 aliphatic heterocycles. The van der Waals surface area contributed by atoms with E-state index in [1.807, 2.05) is 0 Å². The number of hydrogen-bond acceptors (Lipinski definition) is 4. The highest BCUT2D eigenvalue weighted by Gasteiger charge is 2.30. The van der Waals surface area contributed by atoms with Gasteiger partial charge in [-0.2, -0.15) is 0 Å². The Bertz CT molecular complexity index is 328. The molecule has 116 valence electrons. The molecular formula is C16H28O2S2. The molecule has 4 heteroatoms. The van der Waals surface area contributed by atoms with Gasteiger partial charge >= 0.3 is 0 Å². The van der Waals surface area contributed by atoms with Crippen LogP contribution in [0.25, 0.3) is 0 Å². The maximum absolute atomic E-state index is 9.53. The van der Waals surface area contributed by atoms with Gasteiger partial charge in [0, 0.05) is 17.1 Å². The van der Waals surface area contributed by atoms with Crippen LogP contribution in [0.5, 0.6) is 0 Å². The molecule has 2 N–H and O–H groups in total. The van der Waals surface area contributed by atoms with Crippen LogP contribution in [0.3, 0.4) is 0 Å². The zero-order valence-corrected chi connectivity index (χ0v) is 14.0. The summed E-state index contributed by atoms with van der Waals surface area (Å²) in [6.07, 6.45) is 11.9. The van der Waals surface area contributed by atoms with E-state index in [1.165, 1.54) is 50.5 Å². The topological polar surface area (TPSA) is 40.5 Å². The molecule has 0 aromatic carbocycles. The van der Waals surface area contributed by atoms with E-state index >= 15 is 0 Å². The van der Waals surface area contributed by atoms with Crippen LogP contribution in [0, 0.1) is 11.8 Å². The second-order valence-corrected chi connectivity index (χ2v) is 7.97. The van der Waals surface area contributed by atoms with Gasteiger partial charge in [0.1, 0.15) is 0 Å². The zero-order valence-electron chi connectivity index (χ0n) is 12.2. The van der Waals surface area contributed by atoms with Gasteiger partial charge in [0.2, 0.25) is 0 Å². The third-order valence-electron chi connectivity index (χ3n) is 5.16. The standard InChI is InChI=1S/C16H28O2S2/c17-16(18)10-8-13(9-11-16)3-1-2-12-4-6-14(7-5-12)15(19)20/h12-13,17-20H,1-11H2. The van der Waals surface area contributed by atoms with Gasteiger partial charge in [0.05, 0.1) is 0 Å². The molecule has 0 aromatic rings. The average Bonchev–Trinajstić information content (AvgIpc) is 2.41. The molecule has 2 nitrogen and oxygen atoms in total. The van der Waals surface area contributed by atoms with Crippen molar-refractivity contribution in [1.29, 1.82) is 0 Å². The first-order valence-corrected chi connectivity index (χ1v) is 8.90. The lowest BCUT2D eigenvalue weighted by atomic mass is 9.79. The lowest BCUT2D eigenvalue weighted by Crippen LogP contribution is -2.33. The summed E-state index contributed by atoms with van der Waals surface area (Å²) in [5, 5.41) is 19.1. The van der Waals surface area contributed by atoms with E-state index in [2.05, 4.69) is 25.3 Å². The first-order chi connectivity index (χ1) is 9.46. The summed E-state index contributed by atoms with van der Waals surface area (Å²) in [6, 6.07) is 0.